The maximum atomic E-state index is 9.43. The molecule has 2 aromatic rings. The maximum Gasteiger partial charge on any atom is 0.0529 e. The lowest BCUT2D eigenvalue weighted by atomic mass is 10.0. The average molecular weight is 373 g/mol. The molecule has 3 nitrogen and oxygen atoms in total. The predicted octanol–water partition coefficient (Wildman–Crippen LogP) is 5.31. The van der Waals surface area contributed by atoms with Crippen LogP contribution in [0.4, 0.5) is 11.4 Å². The standard InChI is InChI=1S/C20H24N2OS2/c1-14(25-22-10-4-5-15(12-22)13-23)16-8-9-20-18(11-16)21-17-6-2-3-7-19(17)24-20/h2-3,6-9,11,14-15,21,23H,4-5,10,12-13H2,1H3. The third kappa shape index (κ3) is 3.85. The van der Waals surface area contributed by atoms with Crippen molar-refractivity contribution in [2.24, 2.45) is 5.92 Å². The number of rotatable bonds is 4. The molecule has 2 aromatic carbocycles. The highest BCUT2D eigenvalue weighted by Crippen LogP contribution is 2.45. The number of benzene rings is 2. The van der Waals surface area contributed by atoms with Gasteiger partial charge in [-0.15, -0.1) is 0 Å². The molecule has 0 amide bonds. The van der Waals surface area contributed by atoms with Crippen LogP contribution in [0.3, 0.4) is 0 Å². The molecule has 2 N–H and O–H groups in total. The summed E-state index contributed by atoms with van der Waals surface area (Å²) in [6.07, 6.45) is 2.34. The number of para-hydroxylation sites is 1. The highest BCUT2D eigenvalue weighted by molar-refractivity contribution is 7.99. The Balaban J connectivity index is 1.47. The molecule has 4 rings (SSSR count). The number of fused-ring (bicyclic) bond motifs is 2. The van der Waals surface area contributed by atoms with E-state index in [9.17, 15) is 5.11 Å². The van der Waals surface area contributed by atoms with E-state index >= 15 is 0 Å². The van der Waals surface area contributed by atoms with E-state index in [-0.39, 0.29) is 0 Å². The average Bonchev–Trinajstić information content (AvgIpc) is 2.66. The zero-order valence-corrected chi connectivity index (χ0v) is 16.1. The number of anilines is 2. The third-order valence-electron chi connectivity index (χ3n) is 4.90. The molecule has 0 bridgehead atoms. The van der Waals surface area contributed by atoms with E-state index in [0.717, 1.165) is 19.5 Å². The van der Waals surface area contributed by atoms with E-state index in [1.807, 2.05) is 23.7 Å². The molecule has 2 atom stereocenters. The Labute approximate surface area is 158 Å². The predicted molar refractivity (Wildman–Crippen MR) is 108 cm³/mol. The van der Waals surface area contributed by atoms with E-state index in [1.165, 1.54) is 33.2 Å². The largest absolute Gasteiger partial charge is 0.396 e. The molecule has 2 aliphatic heterocycles. The van der Waals surface area contributed by atoms with Crippen LogP contribution in [0, 0.1) is 5.92 Å². The van der Waals surface area contributed by atoms with Gasteiger partial charge in [0.15, 0.2) is 0 Å². The Bertz CT molecular complexity index is 752. The minimum atomic E-state index is 0.310. The van der Waals surface area contributed by atoms with Crippen LogP contribution in [0.15, 0.2) is 52.3 Å². The van der Waals surface area contributed by atoms with Crippen molar-refractivity contribution in [2.45, 2.75) is 34.8 Å². The molecular formula is C20H24N2OS2. The first-order valence-electron chi connectivity index (χ1n) is 8.93. The lowest BCUT2D eigenvalue weighted by Gasteiger charge is -2.32. The fraction of sp³-hybridized carbons (Fsp3) is 0.400. The summed E-state index contributed by atoms with van der Waals surface area (Å²) in [7, 11) is 0. The molecule has 25 heavy (non-hydrogen) atoms. The number of hydrogen-bond acceptors (Lipinski definition) is 5. The quantitative estimate of drug-likeness (QED) is 0.607. The molecule has 0 spiro atoms. The van der Waals surface area contributed by atoms with Crippen LogP contribution in [-0.4, -0.2) is 29.1 Å². The summed E-state index contributed by atoms with van der Waals surface area (Å²) in [6.45, 7) is 4.71. The van der Waals surface area contributed by atoms with Gasteiger partial charge in [0.05, 0.1) is 11.4 Å². The monoisotopic (exact) mass is 372 g/mol. The highest BCUT2D eigenvalue weighted by atomic mass is 32.2. The van der Waals surface area contributed by atoms with Crippen LogP contribution < -0.4 is 5.32 Å². The van der Waals surface area contributed by atoms with Crippen molar-refractivity contribution in [1.29, 1.82) is 0 Å². The molecule has 2 aliphatic rings. The van der Waals surface area contributed by atoms with Crippen LogP contribution in [0.2, 0.25) is 0 Å². The van der Waals surface area contributed by atoms with Gasteiger partial charge in [-0.25, -0.2) is 4.31 Å². The minimum Gasteiger partial charge on any atom is -0.396 e. The van der Waals surface area contributed by atoms with Gasteiger partial charge in [0.25, 0.3) is 0 Å². The van der Waals surface area contributed by atoms with Gasteiger partial charge in [0.2, 0.25) is 0 Å². The zero-order valence-electron chi connectivity index (χ0n) is 14.4. The molecule has 0 aromatic heterocycles. The SMILES string of the molecule is CC(SN1CCCC(CO)C1)c1ccc2c(c1)Nc1ccccc1S2. The van der Waals surface area contributed by atoms with E-state index in [1.54, 1.807) is 0 Å². The summed E-state index contributed by atoms with van der Waals surface area (Å²) >= 11 is 3.75. The molecule has 0 saturated carbocycles. The van der Waals surface area contributed by atoms with Gasteiger partial charge in [0.1, 0.15) is 0 Å². The Hall–Kier alpha value is -1.14. The number of aliphatic hydroxyl groups excluding tert-OH is 1. The van der Waals surface area contributed by atoms with Gasteiger partial charge in [-0.3, -0.25) is 0 Å². The van der Waals surface area contributed by atoms with Crippen molar-refractivity contribution in [3.05, 3.63) is 48.0 Å². The maximum absolute atomic E-state index is 9.43. The van der Waals surface area contributed by atoms with E-state index < -0.39 is 0 Å². The fourth-order valence-electron chi connectivity index (χ4n) is 3.47. The number of piperidine rings is 1. The Morgan fingerprint density at radius 3 is 2.96 bits per heavy atom. The van der Waals surface area contributed by atoms with Crippen LogP contribution in [0.5, 0.6) is 0 Å². The van der Waals surface area contributed by atoms with Gasteiger partial charge in [-0.05, 0) is 55.5 Å². The lowest BCUT2D eigenvalue weighted by molar-refractivity contribution is 0.170. The second-order valence-corrected chi connectivity index (χ2v) is 9.32. The fourth-order valence-corrected chi connectivity index (χ4v) is 5.68. The Morgan fingerprint density at radius 1 is 1.24 bits per heavy atom. The number of nitrogens with zero attached hydrogens (tertiary/aromatic N) is 1. The summed E-state index contributed by atoms with van der Waals surface area (Å²) in [4.78, 5) is 2.58. The topological polar surface area (TPSA) is 35.5 Å². The first-order chi connectivity index (χ1) is 12.2. The third-order valence-corrected chi connectivity index (χ3v) is 7.27. The van der Waals surface area contributed by atoms with Crippen molar-refractivity contribution in [3.63, 3.8) is 0 Å². The summed E-state index contributed by atoms with van der Waals surface area (Å²) in [5, 5.41) is 13.4. The zero-order chi connectivity index (χ0) is 17.2. The molecule has 1 saturated heterocycles. The second-order valence-electron chi connectivity index (χ2n) is 6.81. The summed E-state index contributed by atoms with van der Waals surface area (Å²) in [5.41, 5.74) is 3.75. The van der Waals surface area contributed by atoms with E-state index in [0.29, 0.717) is 17.8 Å². The molecule has 1 fully saturated rings. The van der Waals surface area contributed by atoms with Crippen LogP contribution in [0.25, 0.3) is 0 Å². The van der Waals surface area contributed by atoms with Crippen molar-refractivity contribution in [3.8, 4) is 0 Å². The number of hydrogen-bond donors (Lipinski definition) is 2. The normalized spacial score (nSPS) is 21.1. The molecule has 2 unspecified atom stereocenters. The first-order valence-corrected chi connectivity index (χ1v) is 10.6. The minimum absolute atomic E-state index is 0.310. The summed E-state index contributed by atoms with van der Waals surface area (Å²) < 4.78 is 2.44. The van der Waals surface area contributed by atoms with Gasteiger partial charge in [0, 0.05) is 34.7 Å². The lowest BCUT2D eigenvalue weighted by Crippen LogP contribution is -2.32. The second kappa shape index (κ2) is 7.62. The molecule has 2 heterocycles. The van der Waals surface area contributed by atoms with Gasteiger partial charge in [-0.1, -0.05) is 41.9 Å². The van der Waals surface area contributed by atoms with Crippen LogP contribution in [-0.2, 0) is 0 Å². The Kier molecular flexibility index (Phi) is 5.27. The van der Waals surface area contributed by atoms with Crippen molar-refractivity contribution >= 4 is 35.1 Å². The summed E-state index contributed by atoms with van der Waals surface area (Å²) in [5.74, 6) is 0.437. The first kappa shape index (κ1) is 17.3. The Morgan fingerprint density at radius 2 is 2.08 bits per heavy atom. The van der Waals surface area contributed by atoms with E-state index in [4.69, 9.17) is 0 Å². The van der Waals surface area contributed by atoms with Gasteiger partial charge >= 0.3 is 0 Å². The van der Waals surface area contributed by atoms with Crippen molar-refractivity contribution < 1.29 is 5.11 Å². The smallest absolute Gasteiger partial charge is 0.0529 e. The van der Waals surface area contributed by atoms with Gasteiger partial charge < -0.3 is 10.4 Å². The van der Waals surface area contributed by atoms with Crippen LogP contribution in [0.1, 0.15) is 30.6 Å². The molecule has 132 valence electrons. The molecule has 0 aliphatic carbocycles. The van der Waals surface area contributed by atoms with E-state index in [2.05, 4.69) is 59.0 Å². The summed E-state index contributed by atoms with van der Waals surface area (Å²) in [6, 6.07) is 15.3. The van der Waals surface area contributed by atoms with Gasteiger partial charge in [-0.2, -0.15) is 0 Å². The number of aliphatic hydroxyl groups is 1. The van der Waals surface area contributed by atoms with Crippen LogP contribution >= 0.6 is 23.7 Å². The highest BCUT2D eigenvalue weighted by Gasteiger charge is 2.23. The van der Waals surface area contributed by atoms with Crippen molar-refractivity contribution in [1.82, 2.24) is 4.31 Å². The van der Waals surface area contributed by atoms with Crippen molar-refractivity contribution in [2.75, 3.05) is 25.0 Å². The number of nitrogens with one attached hydrogen (secondary N) is 1. The molecule has 5 heteroatoms. The molecule has 0 radical (unpaired) electrons. The molecular weight excluding hydrogens is 348 g/mol.